The van der Waals surface area contributed by atoms with Crippen molar-refractivity contribution < 1.29 is 19.4 Å². The third-order valence-electron chi connectivity index (χ3n) is 7.20. The van der Waals surface area contributed by atoms with E-state index < -0.39 is 17.4 Å². The Labute approximate surface area is 196 Å². The SMILES string of the molecule is CCNc1cc(C)nc2c(C(=O)N3CCC4(CC3)c3ccc(C(F)(F)F)n3CCN4C)cnn12.[HH]. The number of nitrogens with one attached hydrogen (secondary N) is 1. The number of piperidine rings is 1. The molecule has 1 saturated heterocycles. The standard InChI is InChI=1S/C23H28F3N7O.H2/c1-4-27-19-13-15(2)29-20-16(14-28-33(19)20)21(34)31-9-7-22(8-10-31)17-5-6-18(23(24,25)26)32(17)12-11-30(22)3;/h5-6,13-14,27H,4,7-12H2,1-3H3;1H. The van der Waals surface area contributed by atoms with Crippen molar-refractivity contribution in [1.82, 2.24) is 29.0 Å². The van der Waals surface area contributed by atoms with Crippen molar-refractivity contribution in [2.75, 3.05) is 38.5 Å². The Morgan fingerprint density at radius 1 is 1.21 bits per heavy atom. The molecule has 1 N–H and O–H groups in total. The second kappa shape index (κ2) is 8.00. The highest BCUT2D eigenvalue weighted by Gasteiger charge is 2.47. The third-order valence-corrected chi connectivity index (χ3v) is 7.20. The molecule has 0 aliphatic carbocycles. The molecule has 5 rings (SSSR count). The van der Waals surface area contributed by atoms with Gasteiger partial charge in [0, 0.05) is 51.6 Å². The molecule has 1 fully saturated rings. The molecule has 2 aliphatic rings. The highest BCUT2D eigenvalue weighted by atomic mass is 19.4. The maximum Gasteiger partial charge on any atom is 0.431 e. The minimum atomic E-state index is -4.38. The Bertz CT molecular complexity index is 1240. The Hall–Kier alpha value is -3.08. The number of fused-ring (bicyclic) bond motifs is 3. The van der Waals surface area contributed by atoms with Gasteiger partial charge < -0.3 is 14.8 Å². The van der Waals surface area contributed by atoms with Gasteiger partial charge in [-0.2, -0.15) is 22.8 Å². The number of likely N-dealkylation sites (tertiary alicyclic amines) is 1. The zero-order valence-electron chi connectivity index (χ0n) is 19.5. The van der Waals surface area contributed by atoms with E-state index in [2.05, 4.69) is 20.3 Å². The van der Waals surface area contributed by atoms with E-state index in [0.717, 1.165) is 11.5 Å². The van der Waals surface area contributed by atoms with E-state index in [-0.39, 0.29) is 7.33 Å². The summed E-state index contributed by atoms with van der Waals surface area (Å²) in [5.74, 6) is 0.613. The van der Waals surface area contributed by atoms with Crippen molar-refractivity contribution in [1.29, 1.82) is 0 Å². The van der Waals surface area contributed by atoms with E-state index >= 15 is 0 Å². The van der Waals surface area contributed by atoms with E-state index in [9.17, 15) is 18.0 Å². The van der Waals surface area contributed by atoms with Crippen LogP contribution in [0.25, 0.3) is 5.65 Å². The number of anilines is 1. The monoisotopic (exact) mass is 477 g/mol. The molecule has 3 aromatic heterocycles. The summed E-state index contributed by atoms with van der Waals surface area (Å²) in [6.07, 6.45) is -1.72. The minimum Gasteiger partial charge on any atom is -0.370 e. The van der Waals surface area contributed by atoms with Crippen LogP contribution in [0.1, 0.15) is 48.6 Å². The van der Waals surface area contributed by atoms with Gasteiger partial charge >= 0.3 is 6.18 Å². The molecule has 0 bridgehead atoms. The molecule has 2 aliphatic heterocycles. The lowest BCUT2D eigenvalue weighted by atomic mass is 9.81. The van der Waals surface area contributed by atoms with Crippen molar-refractivity contribution >= 4 is 17.4 Å². The van der Waals surface area contributed by atoms with Crippen LogP contribution in [0.2, 0.25) is 0 Å². The fourth-order valence-corrected chi connectivity index (χ4v) is 5.45. The fourth-order valence-electron chi connectivity index (χ4n) is 5.45. The number of carbonyl (C=O) groups excluding carboxylic acids is 1. The van der Waals surface area contributed by atoms with Crippen molar-refractivity contribution in [2.24, 2.45) is 0 Å². The number of rotatable bonds is 3. The second-order valence-corrected chi connectivity index (χ2v) is 9.11. The predicted octanol–water partition coefficient (Wildman–Crippen LogP) is 3.61. The fraction of sp³-hybridized carbons (Fsp3) is 0.522. The first-order valence-corrected chi connectivity index (χ1v) is 11.5. The van der Waals surface area contributed by atoms with Crippen LogP contribution in [0.5, 0.6) is 0 Å². The van der Waals surface area contributed by atoms with Gasteiger partial charge in [-0.25, -0.2) is 4.98 Å². The van der Waals surface area contributed by atoms with E-state index in [1.165, 1.54) is 10.6 Å². The zero-order valence-corrected chi connectivity index (χ0v) is 19.5. The number of halogens is 3. The second-order valence-electron chi connectivity index (χ2n) is 9.11. The van der Waals surface area contributed by atoms with Crippen LogP contribution in [-0.4, -0.2) is 68.1 Å². The van der Waals surface area contributed by atoms with Gasteiger partial charge in [0.15, 0.2) is 5.65 Å². The van der Waals surface area contributed by atoms with E-state index in [4.69, 9.17) is 0 Å². The largest absolute Gasteiger partial charge is 0.431 e. The normalized spacial score (nSPS) is 18.5. The smallest absolute Gasteiger partial charge is 0.370 e. The molecule has 1 spiro atoms. The third kappa shape index (κ3) is 3.44. The highest BCUT2D eigenvalue weighted by molar-refractivity contribution is 6.00. The van der Waals surface area contributed by atoms with Gasteiger partial charge in [0.25, 0.3) is 5.91 Å². The van der Waals surface area contributed by atoms with Gasteiger partial charge in [-0.05, 0) is 45.9 Å². The Morgan fingerprint density at radius 2 is 1.94 bits per heavy atom. The Balaban J connectivity index is 0.00000289. The lowest BCUT2D eigenvalue weighted by molar-refractivity contribution is -0.144. The van der Waals surface area contributed by atoms with Gasteiger partial charge in [0.05, 0.1) is 11.7 Å². The van der Waals surface area contributed by atoms with Crippen molar-refractivity contribution in [3.8, 4) is 0 Å². The Morgan fingerprint density at radius 3 is 2.62 bits per heavy atom. The zero-order chi connectivity index (χ0) is 24.3. The molecular formula is C23H30F3N7O. The predicted molar refractivity (Wildman–Crippen MR) is 123 cm³/mol. The van der Waals surface area contributed by atoms with E-state index in [0.29, 0.717) is 62.5 Å². The van der Waals surface area contributed by atoms with Crippen molar-refractivity contribution in [2.45, 2.75) is 44.9 Å². The molecule has 184 valence electrons. The van der Waals surface area contributed by atoms with Crippen LogP contribution >= 0.6 is 0 Å². The van der Waals surface area contributed by atoms with Gasteiger partial charge in [0.1, 0.15) is 17.1 Å². The number of likely N-dealkylation sites (N-methyl/N-ethyl adjacent to an activating group) is 1. The van der Waals surface area contributed by atoms with Crippen molar-refractivity contribution in [3.05, 3.63) is 47.0 Å². The lowest BCUT2D eigenvalue weighted by Gasteiger charge is -2.50. The molecule has 0 saturated carbocycles. The van der Waals surface area contributed by atoms with E-state index in [1.54, 1.807) is 21.7 Å². The van der Waals surface area contributed by atoms with Crippen molar-refractivity contribution in [3.63, 3.8) is 0 Å². The number of hydrogen-bond acceptors (Lipinski definition) is 5. The number of hydrogen-bond donors (Lipinski definition) is 1. The molecular weight excluding hydrogens is 447 g/mol. The number of carbonyl (C=O) groups is 1. The topological polar surface area (TPSA) is 70.7 Å². The van der Waals surface area contributed by atoms with Gasteiger partial charge in [-0.3, -0.25) is 9.69 Å². The van der Waals surface area contributed by atoms with Gasteiger partial charge in [-0.1, -0.05) is 0 Å². The molecule has 1 amide bonds. The summed E-state index contributed by atoms with van der Waals surface area (Å²) in [5.41, 5.74) is 1.27. The maximum atomic E-state index is 13.5. The average Bonchev–Trinajstić information content (AvgIpc) is 3.42. The molecule has 3 aromatic rings. The lowest BCUT2D eigenvalue weighted by Crippen LogP contribution is -2.56. The summed E-state index contributed by atoms with van der Waals surface area (Å²) < 4.78 is 43.6. The summed E-state index contributed by atoms with van der Waals surface area (Å²) in [4.78, 5) is 21.9. The van der Waals surface area contributed by atoms with E-state index in [1.807, 2.05) is 27.0 Å². The summed E-state index contributed by atoms with van der Waals surface area (Å²) in [7, 11) is 1.96. The quantitative estimate of drug-likeness (QED) is 0.624. The first-order chi connectivity index (χ1) is 16.2. The van der Waals surface area contributed by atoms with Gasteiger partial charge in [0.2, 0.25) is 0 Å². The summed E-state index contributed by atoms with van der Waals surface area (Å²) in [5, 5.41) is 7.61. The first-order valence-electron chi connectivity index (χ1n) is 11.5. The molecule has 0 aromatic carbocycles. The van der Waals surface area contributed by atoms with Crippen LogP contribution in [-0.2, 0) is 18.3 Å². The first kappa shape index (κ1) is 22.7. The number of amides is 1. The molecule has 5 heterocycles. The Kier molecular flexibility index (Phi) is 5.34. The molecule has 0 radical (unpaired) electrons. The number of aryl methyl sites for hydroxylation is 1. The average molecular weight is 478 g/mol. The maximum absolute atomic E-state index is 13.5. The van der Waals surface area contributed by atoms with Gasteiger partial charge in [-0.15, -0.1) is 0 Å². The summed E-state index contributed by atoms with van der Waals surface area (Å²) >= 11 is 0. The summed E-state index contributed by atoms with van der Waals surface area (Å²) in [6.45, 7) is 6.29. The van der Waals surface area contributed by atoms with Crippen LogP contribution < -0.4 is 5.32 Å². The molecule has 0 atom stereocenters. The number of nitrogens with zero attached hydrogens (tertiary/aromatic N) is 6. The molecule has 11 heteroatoms. The number of alkyl halides is 3. The van der Waals surface area contributed by atoms with Crippen LogP contribution in [0.4, 0.5) is 19.0 Å². The molecule has 0 unspecified atom stereocenters. The summed E-state index contributed by atoms with van der Waals surface area (Å²) in [6, 6.07) is 4.67. The van der Waals surface area contributed by atoms with Crippen LogP contribution in [0.3, 0.4) is 0 Å². The minimum absolute atomic E-state index is 0. The molecule has 34 heavy (non-hydrogen) atoms. The highest BCUT2D eigenvalue weighted by Crippen LogP contribution is 2.44. The van der Waals surface area contributed by atoms with Crippen LogP contribution in [0.15, 0.2) is 24.4 Å². The number of aromatic nitrogens is 4. The molecule has 8 nitrogen and oxygen atoms in total. The van der Waals surface area contributed by atoms with Crippen LogP contribution in [0, 0.1) is 6.92 Å².